The highest BCUT2D eigenvalue weighted by atomic mass is 16.3. The average molecular weight is 206 g/mol. The highest BCUT2D eigenvalue weighted by Gasteiger charge is 2.35. The third kappa shape index (κ3) is 1.51. The minimum atomic E-state index is -1.20. The van der Waals surface area contributed by atoms with E-state index >= 15 is 0 Å². The lowest BCUT2D eigenvalue weighted by molar-refractivity contribution is 0.0551. The van der Waals surface area contributed by atoms with Gasteiger partial charge in [-0.1, -0.05) is 12.1 Å². The van der Waals surface area contributed by atoms with Gasteiger partial charge in [-0.3, -0.25) is 14.5 Å². The van der Waals surface area contributed by atoms with E-state index in [1.807, 2.05) is 0 Å². The van der Waals surface area contributed by atoms with Crippen LogP contribution in [-0.2, 0) is 0 Å². The lowest BCUT2D eigenvalue weighted by Gasteiger charge is -2.14. The number of imide groups is 1. The smallest absolute Gasteiger partial charge is 0.261 e. The summed E-state index contributed by atoms with van der Waals surface area (Å²) >= 11 is 0. The van der Waals surface area contributed by atoms with Crippen molar-refractivity contribution in [2.45, 2.75) is 6.23 Å². The van der Waals surface area contributed by atoms with Crippen molar-refractivity contribution >= 4 is 11.8 Å². The summed E-state index contributed by atoms with van der Waals surface area (Å²) in [5.74, 6) is -0.805. The number of aliphatic hydroxyl groups excluding tert-OH is 1. The van der Waals surface area contributed by atoms with E-state index in [-0.39, 0.29) is 6.54 Å². The Hall–Kier alpha value is -1.72. The Morgan fingerprint density at radius 3 is 2.07 bits per heavy atom. The quantitative estimate of drug-likeness (QED) is 0.507. The van der Waals surface area contributed by atoms with Gasteiger partial charge in [0, 0.05) is 0 Å². The van der Waals surface area contributed by atoms with Gasteiger partial charge in [0.15, 0.2) is 0 Å². The van der Waals surface area contributed by atoms with Crippen LogP contribution < -0.4 is 5.73 Å². The van der Waals surface area contributed by atoms with Crippen LogP contribution in [-0.4, -0.2) is 34.6 Å². The number of benzene rings is 1. The van der Waals surface area contributed by atoms with Crippen molar-refractivity contribution in [3.05, 3.63) is 35.4 Å². The molecule has 0 radical (unpaired) electrons. The number of fused-ring (bicyclic) bond motifs is 1. The molecule has 1 aliphatic heterocycles. The number of β-amino-alcohol motifs (C(OH)–C–C–N with tert-alkyl or cyclic N) is 1. The number of amides is 2. The molecule has 0 saturated heterocycles. The van der Waals surface area contributed by atoms with Gasteiger partial charge in [0.25, 0.3) is 11.8 Å². The van der Waals surface area contributed by atoms with E-state index in [1.54, 1.807) is 24.3 Å². The standard InChI is InChI=1S/C10H10N2O3/c11-8(13)5-12-9(14)6-3-1-2-4-7(6)10(12)15/h1-4,8,13H,5,11H2. The van der Waals surface area contributed by atoms with Gasteiger partial charge in [-0.25, -0.2) is 0 Å². The van der Waals surface area contributed by atoms with E-state index in [1.165, 1.54) is 0 Å². The lowest BCUT2D eigenvalue weighted by atomic mass is 10.1. The molecule has 1 heterocycles. The summed E-state index contributed by atoms with van der Waals surface area (Å²) in [6, 6.07) is 6.54. The molecule has 1 atom stereocenters. The highest BCUT2D eigenvalue weighted by molar-refractivity contribution is 6.21. The van der Waals surface area contributed by atoms with Crippen LogP contribution in [0.3, 0.4) is 0 Å². The fourth-order valence-electron chi connectivity index (χ4n) is 1.59. The largest absolute Gasteiger partial charge is 0.377 e. The number of rotatable bonds is 2. The molecule has 0 spiro atoms. The maximum Gasteiger partial charge on any atom is 0.261 e. The Balaban J connectivity index is 2.37. The molecular weight excluding hydrogens is 196 g/mol. The molecule has 0 saturated carbocycles. The van der Waals surface area contributed by atoms with Gasteiger partial charge in [0.05, 0.1) is 17.7 Å². The van der Waals surface area contributed by atoms with Gasteiger partial charge in [-0.15, -0.1) is 0 Å². The van der Waals surface area contributed by atoms with Crippen molar-refractivity contribution in [1.29, 1.82) is 0 Å². The van der Waals surface area contributed by atoms with Crippen molar-refractivity contribution in [2.75, 3.05) is 6.54 Å². The van der Waals surface area contributed by atoms with Crippen LogP contribution >= 0.6 is 0 Å². The van der Waals surface area contributed by atoms with Gasteiger partial charge in [0.1, 0.15) is 6.23 Å². The van der Waals surface area contributed by atoms with E-state index in [2.05, 4.69) is 0 Å². The predicted molar refractivity (Wildman–Crippen MR) is 52.0 cm³/mol. The van der Waals surface area contributed by atoms with Gasteiger partial charge in [-0.05, 0) is 12.1 Å². The zero-order valence-corrected chi connectivity index (χ0v) is 7.88. The summed E-state index contributed by atoms with van der Waals surface area (Å²) in [7, 11) is 0. The van der Waals surface area contributed by atoms with E-state index < -0.39 is 18.0 Å². The molecule has 1 aromatic rings. The fraction of sp³-hybridized carbons (Fsp3) is 0.200. The van der Waals surface area contributed by atoms with Crippen LogP contribution in [0.1, 0.15) is 20.7 Å². The molecule has 78 valence electrons. The predicted octanol–water partition coefficient (Wildman–Crippen LogP) is -0.440. The number of hydrogen-bond acceptors (Lipinski definition) is 4. The summed E-state index contributed by atoms with van der Waals surface area (Å²) < 4.78 is 0. The van der Waals surface area contributed by atoms with Crippen LogP contribution in [0.2, 0.25) is 0 Å². The van der Waals surface area contributed by atoms with Crippen molar-refractivity contribution < 1.29 is 14.7 Å². The molecule has 15 heavy (non-hydrogen) atoms. The van der Waals surface area contributed by atoms with Crippen LogP contribution in [0.25, 0.3) is 0 Å². The molecule has 2 rings (SSSR count). The lowest BCUT2D eigenvalue weighted by Crippen LogP contribution is -2.40. The molecular formula is C10H10N2O3. The number of aliphatic hydroxyl groups is 1. The maximum atomic E-state index is 11.7. The number of nitrogens with zero attached hydrogens (tertiary/aromatic N) is 1. The third-order valence-electron chi connectivity index (χ3n) is 2.25. The maximum absolute atomic E-state index is 11.7. The zero-order chi connectivity index (χ0) is 11.0. The summed E-state index contributed by atoms with van der Waals surface area (Å²) in [6.07, 6.45) is -1.20. The molecule has 2 amide bonds. The highest BCUT2D eigenvalue weighted by Crippen LogP contribution is 2.21. The van der Waals surface area contributed by atoms with E-state index in [9.17, 15) is 9.59 Å². The Morgan fingerprint density at radius 2 is 1.67 bits per heavy atom. The van der Waals surface area contributed by atoms with Crippen molar-refractivity contribution in [1.82, 2.24) is 4.90 Å². The zero-order valence-electron chi connectivity index (χ0n) is 7.88. The minimum absolute atomic E-state index is 0.174. The first-order valence-electron chi connectivity index (χ1n) is 4.50. The molecule has 0 aromatic heterocycles. The van der Waals surface area contributed by atoms with Crippen LogP contribution in [0.5, 0.6) is 0 Å². The second kappa shape index (κ2) is 3.45. The number of carbonyl (C=O) groups excluding carboxylic acids is 2. The second-order valence-corrected chi connectivity index (χ2v) is 3.33. The number of nitrogens with two attached hydrogens (primary N) is 1. The first kappa shape index (κ1) is 9.82. The minimum Gasteiger partial charge on any atom is -0.377 e. The molecule has 0 aliphatic carbocycles. The molecule has 3 N–H and O–H groups in total. The van der Waals surface area contributed by atoms with Crippen molar-refractivity contribution in [3.8, 4) is 0 Å². The molecule has 0 bridgehead atoms. The molecule has 0 fully saturated rings. The summed E-state index contributed by atoms with van der Waals surface area (Å²) in [5.41, 5.74) is 5.87. The summed E-state index contributed by atoms with van der Waals surface area (Å²) in [5, 5.41) is 8.96. The SMILES string of the molecule is NC(O)CN1C(=O)c2ccccc2C1=O. The van der Waals surface area contributed by atoms with Gasteiger partial charge >= 0.3 is 0 Å². The van der Waals surface area contributed by atoms with Crippen molar-refractivity contribution in [2.24, 2.45) is 5.73 Å². The Bertz CT molecular complexity index is 393. The molecule has 1 aliphatic rings. The Kier molecular flexibility index (Phi) is 2.26. The Labute approximate surface area is 86.1 Å². The molecule has 1 unspecified atom stereocenters. The van der Waals surface area contributed by atoms with E-state index in [4.69, 9.17) is 10.8 Å². The van der Waals surface area contributed by atoms with Gasteiger partial charge in [0.2, 0.25) is 0 Å². The molecule has 5 nitrogen and oxygen atoms in total. The van der Waals surface area contributed by atoms with Crippen molar-refractivity contribution in [3.63, 3.8) is 0 Å². The normalized spacial score (nSPS) is 16.8. The molecule has 5 heteroatoms. The topological polar surface area (TPSA) is 83.6 Å². The van der Waals surface area contributed by atoms with Crippen LogP contribution in [0, 0.1) is 0 Å². The van der Waals surface area contributed by atoms with Crippen LogP contribution in [0.15, 0.2) is 24.3 Å². The van der Waals surface area contributed by atoms with E-state index in [0.29, 0.717) is 11.1 Å². The van der Waals surface area contributed by atoms with E-state index in [0.717, 1.165) is 4.90 Å². The monoisotopic (exact) mass is 206 g/mol. The van der Waals surface area contributed by atoms with Crippen LogP contribution in [0.4, 0.5) is 0 Å². The number of hydrogen-bond donors (Lipinski definition) is 2. The average Bonchev–Trinajstić information content (AvgIpc) is 2.44. The number of carbonyl (C=O) groups is 2. The van der Waals surface area contributed by atoms with Gasteiger partial charge < -0.3 is 10.8 Å². The first-order valence-corrected chi connectivity index (χ1v) is 4.50. The van der Waals surface area contributed by atoms with Gasteiger partial charge in [-0.2, -0.15) is 0 Å². The summed E-state index contributed by atoms with van der Waals surface area (Å²) in [6.45, 7) is -0.174. The third-order valence-corrected chi connectivity index (χ3v) is 2.25. The first-order chi connectivity index (χ1) is 7.11. The molecule has 1 aromatic carbocycles. The second-order valence-electron chi connectivity index (χ2n) is 3.33. The fourth-order valence-corrected chi connectivity index (χ4v) is 1.59. The Morgan fingerprint density at radius 1 is 1.20 bits per heavy atom. The summed E-state index contributed by atoms with van der Waals surface area (Å²) in [4.78, 5) is 24.3.